The number of carbonyl (C=O) groups is 1. The summed E-state index contributed by atoms with van der Waals surface area (Å²) in [6.07, 6.45) is 4.20. The molecule has 0 saturated carbocycles. The van der Waals surface area contributed by atoms with Crippen LogP contribution in [-0.2, 0) is 4.79 Å². The maximum Gasteiger partial charge on any atom is 0.222 e. The van der Waals surface area contributed by atoms with Crippen molar-refractivity contribution < 1.29 is 4.79 Å². The largest absolute Gasteiger partial charge is 0.344 e. The Balaban J connectivity index is 2.23. The van der Waals surface area contributed by atoms with E-state index in [4.69, 9.17) is 0 Å². The molecule has 0 aromatic heterocycles. The van der Waals surface area contributed by atoms with Crippen LogP contribution in [0.2, 0.25) is 0 Å². The molecule has 1 aliphatic heterocycles. The molecular formula is C13H26N2O. The highest BCUT2D eigenvalue weighted by molar-refractivity contribution is 5.76. The second kappa shape index (κ2) is 6.24. The summed E-state index contributed by atoms with van der Waals surface area (Å²) in [5.41, 5.74) is 0. The molecule has 1 N–H and O–H groups in total. The zero-order valence-corrected chi connectivity index (χ0v) is 11.1. The Morgan fingerprint density at radius 1 is 1.38 bits per heavy atom. The first-order valence-corrected chi connectivity index (χ1v) is 6.49. The third-order valence-electron chi connectivity index (χ3n) is 3.32. The summed E-state index contributed by atoms with van der Waals surface area (Å²) in [4.78, 5) is 13.2. The lowest BCUT2D eigenvalue weighted by atomic mass is 10.0. The number of nitrogens with zero attached hydrogens (tertiary/aromatic N) is 1. The maximum absolute atomic E-state index is 11.3. The molecule has 1 fully saturated rings. The predicted molar refractivity (Wildman–Crippen MR) is 67.3 cm³/mol. The summed E-state index contributed by atoms with van der Waals surface area (Å²) in [6.45, 7) is 7.64. The van der Waals surface area contributed by atoms with E-state index >= 15 is 0 Å². The Kier molecular flexibility index (Phi) is 5.26. The van der Waals surface area contributed by atoms with Crippen LogP contribution in [0, 0.1) is 5.92 Å². The minimum Gasteiger partial charge on any atom is -0.344 e. The van der Waals surface area contributed by atoms with Crippen LogP contribution < -0.4 is 5.32 Å². The Morgan fingerprint density at radius 3 is 2.62 bits per heavy atom. The fourth-order valence-electron chi connectivity index (χ4n) is 2.22. The number of nitrogens with one attached hydrogen (secondary N) is 1. The molecule has 0 spiro atoms. The standard InChI is InChI=1S/C13H26N2O/c1-10(2)5-6-11(3)14-12-7-8-13(16)15(4)9-12/h10-12,14H,5-9H2,1-4H3. The quantitative estimate of drug-likeness (QED) is 0.778. The normalized spacial score (nSPS) is 23.9. The summed E-state index contributed by atoms with van der Waals surface area (Å²) >= 11 is 0. The van der Waals surface area contributed by atoms with Gasteiger partial charge in [0.2, 0.25) is 5.91 Å². The van der Waals surface area contributed by atoms with Crippen LogP contribution in [0.15, 0.2) is 0 Å². The molecule has 1 rings (SSSR count). The Labute approximate surface area is 99.6 Å². The van der Waals surface area contributed by atoms with Crippen molar-refractivity contribution >= 4 is 5.91 Å². The molecule has 0 aromatic carbocycles. The molecule has 1 heterocycles. The molecule has 0 bridgehead atoms. The predicted octanol–water partition coefficient (Wildman–Crippen LogP) is 2.02. The first-order chi connectivity index (χ1) is 7.49. The van der Waals surface area contributed by atoms with Crippen molar-refractivity contribution in [2.24, 2.45) is 5.92 Å². The van der Waals surface area contributed by atoms with Gasteiger partial charge in [0.05, 0.1) is 0 Å². The number of rotatable bonds is 5. The summed E-state index contributed by atoms with van der Waals surface area (Å²) in [7, 11) is 1.90. The summed E-state index contributed by atoms with van der Waals surface area (Å²) < 4.78 is 0. The zero-order valence-electron chi connectivity index (χ0n) is 11.1. The lowest BCUT2D eigenvalue weighted by Crippen LogP contribution is -2.49. The van der Waals surface area contributed by atoms with Crippen LogP contribution in [-0.4, -0.2) is 36.5 Å². The third kappa shape index (κ3) is 4.52. The van der Waals surface area contributed by atoms with Crippen molar-refractivity contribution in [2.45, 2.75) is 58.5 Å². The average molecular weight is 226 g/mol. The van der Waals surface area contributed by atoms with Crippen molar-refractivity contribution in [1.29, 1.82) is 0 Å². The minimum absolute atomic E-state index is 0.285. The lowest BCUT2D eigenvalue weighted by molar-refractivity contribution is -0.132. The second-order valence-electron chi connectivity index (χ2n) is 5.55. The molecule has 2 atom stereocenters. The van der Waals surface area contributed by atoms with E-state index in [1.165, 1.54) is 12.8 Å². The van der Waals surface area contributed by atoms with Gasteiger partial charge in [0, 0.05) is 32.1 Å². The SMILES string of the molecule is CC(C)CCC(C)NC1CCC(=O)N(C)C1. The molecule has 3 heteroatoms. The molecule has 94 valence electrons. The van der Waals surface area contributed by atoms with Crippen LogP contribution in [0.5, 0.6) is 0 Å². The molecule has 1 amide bonds. The van der Waals surface area contributed by atoms with Gasteiger partial charge < -0.3 is 10.2 Å². The van der Waals surface area contributed by atoms with E-state index in [0.29, 0.717) is 18.5 Å². The summed E-state index contributed by atoms with van der Waals surface area (Å²) in [6, 6.07) is 1.05. The van der Waals surface area contributed by atoms with Gasteiger partial charge in [0.25, 0.3) is 0 Å². The highest BCUT2D eigenvalue weighted by atomic mass is 16.2. The van der Waals surface area contributed by atoms with Crippen LogP contribution >= 0.6 is 0 Å². The van der Waals surface area contributed by atoms with Gasteiger partial charge in [-0.2, -0.15) is 0 Å². The van der Waals surface area contributed by atoms with E-state index in [2.05, 4.69) is 26.1 Å². The van der Waals surface area contributed by atoms with E-state index < -0.39 is 0 Å². The summed E-state index contributed by atoms with van der Waals surface area (Å²) in [5.74, 6) is 1.06. The number of amides is 1. The fraction of sp³-hybridized carbons (Fsp3) is 0.923. The van der Waals surface area contributed by atoms with Crippen molar-refractivity contribution in [3.05, 3.63) is 0 Å². The minimum atomic E-state index is 0.285. The van der Waals surface area contributed by atoms with Gasteiger partial charge in [0.15, 0.2) is 0 Å². The van der Waals surface area contributed by atoms with E-state index in [1.807, 2.05) is 11.9 Å². The number of hydrogen-bond acceptors (Lipinski definition) is 2. The summed E-state index contributed by atoms with van der Waals surface area (Å²) in [5, 5.41) is 3.63. The molecule has 0 radical (unpaired) electrons. The molecule has 1 aliphatic rings. The van der Waals surface area contributed by atoms with Gasteiger partial charge in [-0.15, -0.1) is 0 Å². The van der Waals surface area contributed by atoms with Crippen LogP contribution in [0.3, 0.4) is 0 Å². The third-order valence-corrected chi connectivity index (χ3v) is 3.32. The van der Waals surface area contributed by atoms with E-state index in [0.717, 1.165) is 18.9 Å². The highest BCUT2D eigenvalue weighted by Gasteiger charge is 2.23. The molecule has 0 aromatic rings. The van der Waals surface area contributed by atoms with Crippen molar-refractivity contribution in [2.75, 3.05) is 13.6 Å². The Morgan fingerprint density at radius 2 is 2.06 bits per heavy atom. The lowest BCUT2D eigenvalue weighted by Gasteiger charge is -2.32. The number of likely N-dealkylation sites (tertiary alicyclic amines) is 1. The van der Waals surface area contributed by atoms with Crippen LogP contribution in [0.1, 0.15) is 46.5 Å². The number of hydrogen-bond donors (Lipinski definition) is 1. The molecule has 16 heavy (non-hydrogen) atoms. The van der Waals surface area contributed by atoms with Gasteiger partial charge in [-0.1, -0.05) is 13.8 Å². The van der Waals surface area contributed by atoms with Gasteiger partial charge >= 0.3 is 0 Å². The van der Waals surface area contributed by atoms with Crippen molar-refractivity contribution in [3.8, 4) is 0 Å². The topological polar surface area (TPSA) is 32.3 Å². The second-order valence-corrected chi connectivity index (χ2v) is 5.55. The molecule has 0 aliphatic carbocycles. The zero-order chi connectivity index (χ0) is 12.1. The molecule has 3 nitrogen and oxygen atoms in total. The van der Waals surface area contributed by atoms with Crippen LogP contribution in [0.25, 0.3) is 0 Å². The first kappa shape index (κ1) is 13.5. The van der Waals surface area contributed by atoms with E-state index in [9.17, 15) is 4.79 Å². The van der Waals surface area contributed by atoms with Gasteiger partial charge in [-0.3, -0.25) is 4.79 Å². The van der Waals surface area contributed by atoms with Crippen molar-refractivity contribution in [1.82, 2.24) is 10.2 Å². The van der Waals surface area contributed by atoms with Crippen molar-refractivity contribution in [3.63, 3.8) is 0 Å². The highest BCUT2D eigenvalue weighted by Crippen LogP contribution is 2.12. The fourth-order valence-corrected chi connectivity index (χ4v) is 2.22. The van der Waals surface area contributed by atoms with Gasteiger partial charge in [0.1, 0.15) is 0 Å². The monoisotopic (exact) mass is 226 g/mol. The average Bonchev–Trinajstić information content (AvgIpc) is 2.21. The molecule has 1 saturated heterocycles. The maximum atomic E-state index is 11.3. The smallest absolute Gasteiger partial charge is 0.222 e. The first-order valence-electron chi connectivity index (χ1n) is 6.49. The van der Waals surface area contributed by atoms with E-state index in [-0.39, 0.29) is 5.91 Å². The van der Waals surface area contributed by atoms with Gasteiger partial charge in [-0.05, 0) is 32.1 Å². The van der Waals surface area contributed by atoms with Gasteiger partial charge in [-0.25, -0.2) is 0 Å². The molecule has 2 unspecified atom stereocenters. The number of likely N-dealkylation sites (N-methyl/N-ethyl adjacent to an activating group) is 1. The Bertz CT molecular complexity index is 228. The van der Waals surface area contributed by atoms with E-state index in [1.54, 1.807) is 0 Å². The molecular weight excluding hydrogens is 200 g/mol. The Hall–Kier alpha value is -0.570. The number of carbonyl (C=O) groups excluding carboxylic acids is 1. The number of piperidine rings is 1. The van der Waals surface area contributed by atoms with Crippen LogP contribution in [0.4, 0.5) is 0 Å².